The summed E-state index contributed by atoms with van der Waals surface area (Å²) in [5, 5.41) is 8.60. The van der Waals surface area contributed by atoms with Gasteiger partial charge >= 0.3 is 5.97 Å². The van der Waals surface area contributed by atoms with Gasteiger partial charge in [-0.3, -0.25) is 19.3 Å². The van der Waals surface area contributed by atoms with E-state index in [2.05, 4.69) is 0 Å². The van der Waals surface area contributed by atoms with Crippen LogP contribution in [0.3, 0.4) is 0 Å². The van der Waals surface area contributed by atoms with Gasteiger partial charge in [0.05, 0.1) is 0 Å². The molecule has 1 aliphatic heterocycles. The topological polar surface area (TPSA) is 74.7 Å². The van der Waals surface area contributed by atoms with E-state index in [1.165, 1.54) is 4.90 Å². The molecule has 2 amide bonds. The van der Waals surface area contributed by atoms with E-state index in [1.807, 2.05) is 20.8 Å². The smallest absolute Gasteiger partial charge is 0.303 e. The van der Waals surface area contributed by atoms with Crippen LogP contribution in [0.4, 0.5) is 0 Å². The number of aliphatic carboxylic acids is 1. The number of rotatable bonds is 6. The highest BCUT2D eigenvalue weighted by Gasteiger charge is 2.37. The van der Waals surface area contributed by atoms with Crippen molar-refractivity contribution >= 4 is 17.8 Å². The van der Waals surface area contributed by atoms with E-state index in [-0.39, 0.29) is 29.6 Å². The summed E-state index contributed by atoms with van der Waals surface area (Å²) in [6.45, 7) is 6.21. The molecule has 0 aromatic carbocycles. The molecule has 1 fully saturated rings. The first-order valence-corrected chi connectivity index (χ1v) is 6.76. The Bertz CT molecular complexity index is 356. The number of piperidine rings is 1. The minimum atomic E-state index is -0.807. The number of hydrogen-bond acceptors (Lipinski definition) is 3. The second-order valence-corrected chi connectivity index (χ2v) is 6.28. The van der Waals surface area contributed by atoms with Crippen molar-refractivity contribution in [3.05, 3.63) is 0 Å². The zero-order valence-electron chi connectivity index (χ0n) is 11.9. The van der Waals surface area contributed by atoms with E-state index in [0.29, 0.717) is 32.2 Å². The Morgan fingerprint density at radius 1 is 1.26 bits per heavy atom. The van der Waals surface area contributed by atoms with Crippen LogP contribution in [0.1, 0.15) is 52.9 Å². The Kier molecular flexibility index (Phi) is 5.09. The van der Waals surface area contributed by atoms with Crippen LogP contribution in [0.5, 0.6) is 0 Å². The summed E-state index contributed by atoms with van der Waals surface area (Å²) in [4.78, 5) is 35.6. The van der Waals surface area contributed by atoms with Crippen LogP contribution in [0.25, 0.3) is 0 Å². The Balaban J connectivity index is 2.42. The van der Waals surface area contributed by atoms with E-state index in [1.54, 1.807) is 0 Å². The molecule has 1 atom stereocenters. The highest BCUT2D eigenvalue weighted by Crippen LogP contribution is 2.31. The number of carbonyl (C=O) groups is 3. The molecular formula is C14H23NO4. The van der Waals surface area contributed by atoms with E-state index >= 15 is 0 Å². The summed E-state index contributed by atoms with van der Waals surface area (Å²) in [5.74, 6) is -0.816. The lowest BCUT2D eigenvalue weighted by Gasteiger charge is -2.35. The maximum atomic E-state index is 11.9. The predicted octanol–water partition coefficient (Wildman–Crippen LogP) is 2.05. The summed E-state index contributed by atoms with van der Waals surface area (Å²) in [7, 11) is 0. The Morgan fingerprint density at radius 2 is 1.79 bits per heavy atom. The molecule has 0 radical (unpaired) electrons. The Morgan fingerprint density at radius 3 is 2.26 bits per heavy atom. The van der Waals surface area contributed by atoms with E-state index in [0.717, 1.165) is 0 Å². The zero-order chi connectivity index (χ0) is 14.6. The van der Waals surface area contributed by atoms with Crippen LogP contribution < -0.4 is 0 Å². The lowest BCUT2D eigenvalue weighted by atomic mass is 9.81. The number of carboxylic acid groups (broad SMARTS) is 1. The van der Waals surface area contributed by atoms with Crippen molar-refractivity contribution in [1.29, 1.82) is 0 Å². The lowest BCUT2D eigenvalue weighted by molar-refractivity contribution is -0.152. The highest BCUT2D eigenvalue weighted by atomic mass is 16.4. The van der Waals surface area contributed by atoms with Crippen molar-refractivity contribution in [2.45, 2.75) is 52.9 Å². The van der Waals surface area contributed by atoms with Gasteiger partial charge in [0.25, 0.3) is 0 Å². The van der Waals surface area contributed by atoms with E-state index in [9.17, 15) is 14.4 Å². The van der Waals surface area contributed by atoms with Crippen molar-refractivity contribution in [2.75, 3.05) is 6.54 Å². The molecule has 0 aromatic rings. The fourth-order valence-corrected chi connectivity index (χ4v) is 2.32. The van der Waals surface area contributed by atoms with Crippen molar-refractivity contribution in [3.8, 4) is 0 Å². The number of hydrogen-bond donors (Lipinski definition) is 1. The Labute approximate surface area is 114 Å². The van der Waals surface area contributed by atoms with Gasteiger partial charge in [0.15, 0.2) is 0 Å². The zero-order valence-corrected chi connectivity index (χ0v) is 11.9. The molecular weight excluding hydrogens is 246 g/mol. The first kappa shape index (κ1) is 15.7. The minimum absolute atomic E-state index is 0.105. The van der Waals surface area contributed by atoms with Crippen LogP contribution in [-0.4, -0.2) is 34.3 Å². The highest BCUT2D eigenvalue weighted by molar-refractivity contribution is 5.98. The molecule has 1 heterocycles. The van der Waals surface area contributed by atoms with Gasteiger partial charge in [-0.2, -0.15) is 0 Å². The Hall–Kier alpha value is -1.39. The average Bonchev–Trinajstić information content (AvgIpc) is 2.23. The number of amides is 2. The summed E-state index contributed by atoms with van der Waals surface area (Å²) in [6, 6.07) is 0. The van der Waals surface area contributed by atoms with Gasteiger partial charge in [-0.05, 0) is 24.2 Å². The van der Waals surface area contributed by atoms with E-state index in [4.69, 9.17) is 5.11 Å². The summed E-state index contributed by atoms with van der Waals surface area (Å²) in [5.41, 5.74) is -0.237. The molecule has 0 aromatic heterocycles. The fourth-order valence-electron chi connectivity index (χ4n) is 2.32. The summed E-state index contributed by atoms with van der Waals surface area (Å²) < 4.78 is 0. The molecule has 1 aliphatic rings. The molecule has 1 saturated heterocycles. The van der Waals surface area contributed by atoms with Crippen LogP contribution >= 0.6 is 0 Å². The van der Waals surface area contributed by atoms with Gasteiger partial charge in [0, 0.05) is 25.8 Å². The van der Waals surface area contributed by atoms with Gasteiger partial charge in [-0.25, -0.2) is 0 Å². The summed E-state index contributed by atoms with van der Waals surface area (Å²) in [6.07, 6.45) is 2.20. The summed E-state index contributed by atoms with van der Waals surface area (Å²) >= 11 is 0. The molecule has 1 rings (SSSR count). The van der Waals surface area contributed by atoms with Gasteiger partial charge in [0.2, 0.25) is 11.8 Å². The van der Waals surface area contributed by atoms with Gasteiger partial charge in [-0.15, -0.1) is 0 Å². The van der Waals surface area contributed by atoms with Crippen LogP contribution in [0, 0.1) is 11.3 Å². The quantitative estimate of drug-likeness (QED) is 0.749. The molecule has 0 spiro atoms. The molecule has 0 bridgehead atoms. The molecule has 19 heavy (non-hydrogen) atoms. The lowest BCUT2D eigenvalue weighted by Crippen LogP contribution is -2.46. The molecule has 5 nitrogen and oxygen atoms in total. The minimum Gasteiger partial charge on any atom is -0.481 e. The van der Waals surface area contributed by atoms with Gasteiger partial charge < -0.3 is 5.11 Å². The first-order valence-electron chi connectivity index (χ1n) is 6.76. The second kappa shape index (κ2) is 6.17. The fraction of sp³-hybridized carbons (Fsp3) is 0.786. The molecule has 0 aliphatic carbocycles. The standard InChI is InChI=1S/C14H23NO4/c1-10(4-5-13(18)19)6-7-15-11(16)8-14(2,3)9-12(15)17/h10H,4-9H2,1-3H3,(H,18,19). The number of carbonyl (C=O) groups excluding carboxylic acids is 2. The first-order chi connectivity index (χ1) is 8.71. The van der Waals surface area contributed by atoms with Gasteiger partial charge in [-0.1, -0.05) is 20.8 Å². The van der Waals surface area contributed by atoms with Crippen LogP contribution in [0.15, 0.2) is 0 Å². The SMILES string of the molecule is CC(CCC(=O)O)CCN1C(=O)CC(C)(C)CC1=O. The number of likely N-dealkylation sites (tertiary alicyclic amines) is 1. The molecule has 5 heteroatoms. The maximum absolute atomic E-state index is 11.9. The molecule has 1 unspecified atom stereocenters. The van der Waals surface area contributed by atoms with Crippen LogP contribution in [0.2, 0.25) is 0 Å². The third-order valence-corrected chi connectivity index (χ3v) is 3.56. The second-order valence-electron chi connectivity index (χ2n) is 6.28. The molecule has 0 saturated carbocycles. The van der Waals surface area contributed by atoms with Gasteiger partial charge in [0.1, 0.15) is 0 Å². The molecule has 108 valence electrons. The number of imide groups is 1. The van der Waals surface area contributed by atoms with E-state index < -0.39 is 5.97 Å². The van der Waals surface area contributed by atoms with Crippen molar-refractivity contribution in [2.24, 2.45) is 11.3 Å². The monoisotopic (exact) mass is 269 g/mol. The largest absolute Gasteiger partial charge is 0.481 e. The van der Waals surface area contributed by atoms with Crippen LogP contribution in [-0.2, 0) is 14.4 Å². The third-order valence-electron chi connectivity index (χ3n) is 3.56. The van der Waals surface area contributed by atoms with Crippen molar-refractivity contribution in [1.82, 2.24) is 4.90 Å². The maximum Gasteiger partial charge on any atom is 0.303 e. The third kappa shape index (κ3) is 5.01. The number of carboxylic acids is 1. The number of nitrogens with zero attached hydrogens (tertiary/aromatic N) is 1. The predicted molar refractivity (Wildman–Crippen MR) is 70.4 cm³/mol. The molecule has 1 N–H and O–H groups in total. The van der Waals surface area contributed by atoms with Crippen molar-refractivity contribution in [3.63, 3.8) is 0 Å². The van der Waals surface area contributed by atoms with Crippen molar-refractivity contribution < 1.29 is 19.5 Å². The normalized spacial score (nSPS) is 20.5. The average molecular weight is 269 g/mol.